The fraction of sp³-hybridized carbons (Fsp3) is 0.417. The Morgan fingerprint density at radius 2 is 2.15 bits per heavy atom. The van der Waals surface area contributed by atoms with Gasteiger partial charge in [0.1, 0.15) is 5.69 Å². The largest absolute Gasteiger partial charge is 0.378 e. The van der Waals surface area contributed by atoms with Crippen LogP contribution in [0.4, 0.5) is 17.2 Å². The van der Waals surface area contributed by atoms with E-state index in [-0.39, 0.29) is 16.5 Å². The summed E-state index contributed by atoms with van der Waals surface area (Å²) in [6.07, 6.45) is 3.20. The number of nitrogens with zero attached hydrogens (tertiary/aromatic N) is 4. The van der Waals surface area contributed by atoms with E-state index in [1.807, 2.05) is 11.0 Å². The van der Waals surface area contributed by atoms with E-state index in [4.69, 9.17) is 17.3 Å². The monoisotopic (exact) mass is 297 g/mol. The number of halogens is 1. The van der Waals surface area contributed by atoms with Gasteiger partial charge in [0.05, 0.1) is 16.1 Å². The van der Waals surface area contributed by atoms with Crippen molar-refractivity contribution in [3.8, 4) is 0 Å². The lowest BCUT2D eigenvalue weighted by molar-refractivity contribution is -0.383. The number of nitrogens with two attached hydrogens (primary N) is 1. The molecule has 1 aromatic heterocycles. The number of rotatable bonds is 4. The molecule has 0 saturated carbocycles. The lowest BCUT2D eigenvalue weighted by Crippen LogP contribution is -2.46. The molecule has 108 valence electrons. The van der Waals surface area contributed by atoms with E-state index in [0.717, 1.165) is 19.6 Å². The molecule has 0 unspecified atom stereocenters. The Balaban J connectivity index is 2.27. The number of nitro groups is 1. The van der Waals surface area contributed by atoms with Crippen molar-refractivity contribution in [3.63, 3.8) is 0 Å². The third-order valence-corrected chi connectivity index (χ3v) is 3.55. The zero-order valence-corrected chi connectivity index (χ0v) is 11.7. The predicted molar refractivity (Wildman–Crippen MR) is 79.2 cm³/mol. The third-order valence-electron chi connectivity index (χ3n) is 3.27. The summed E-state index contributed by atoms with van der Waals surface area (Å²) in [4.78, 5) is 18.5. The van der Waals surface area contributed by atoms with Crippen LogP contribution in [0.2, 0.25) is 5.02 Å². The minimum atomic E-state index is -0.528. The van der Waals surface area contributed by atoms with Crippen LogP contribution in [0.5, 0.6) is 0 Å². The highest BCUT2D eigenvalue weighted by Gasteiger charge is 2.29. The topological polar surface area (TPSA) is 88.5 Å². The average molecular weight is 298 g/mol. The first kappa shape index (κ1) is 14.5. The highest BCUT2D eigenvalue weighted by Crippen LogP contribution is 2.38. The van der Waals surface area contributed by atoms with Gasteiger partial charge in [-0.15, -0.1) is 6.58 Å². The van der Waals surface area contributed by atoms with Crippen LogP contribution in [0.1, 0.15) is 0 Å². The summed E-state index contributed by atoms with van der Waals surface area (Å²) in [5, 5.41) is 11.4. The van der Waals surface area contributed by atoms with Gasteiger partial charge in [0.2, 0.25) is 5.82 Å². The van der Waals surface area contributed by atoms with Crippen LogP contribution in [-0.4, -0.2) is 47.5 Å². The van der Waals surface area contributed by atoms with E-state index in [0.29, 0.717) is 18.8 Å². The van der Waals surface area contributed by atoms with Gasteiger partial charge < -0.3 is 10.6 Å². The second-order valence-corrected chi connectivity index (χ2v) is 4.93. The molecule has 20 heavy (non-hydrogen) atoms. The maximum atomic E-state index is 11.2. The Morgan fingerprint density at radius 3 is 2.70 bits per heavy atom. The lowest BCUT2D eigenvalue weighted by Gasteiger charge is -2.35. The molecular formula is C12H16ClN5O2. The molecule has 0 spiro atoms. The fourth-order valence-corrected chi connectivity index (χ4v) is 2.56. The minimum absolute atomic E-state index is 0.108. The second-order valence-electron chi connectivity index (χ2n) is 4.52. The van der Waals surface area contributed by atoms with E-state index >= 15 is 0 Å². The van der Waals surface area contributed by atoms with E-state index in [1.54, 1.807) is 0 Å². The first-order chi connectivity index (χ1) is 9.54. The molecule has 1 fully saturated rings. The van der Waals surface area contributed by atoms with E-state index < -0.39 is 4.92 Å². The van der Waals surface area contributed by atoms with Crippen molar-refractivity contribution < 1.29 is 4.92 Å². The van der Waals surface area contributed by atoms with Crippen molar-refractivity contribution >= 4 is 28.8 Å². The van der Waals surface area contributed by atoms with E-state index in [9.17, 15) is 10.1 Å². The number of anilines is 2. The summed E-state index contributed by atoms with van der Waals surface area (Å²) in [7, 11) is 0. The average Bonchev–Trinajstić information content (AvgIpc) is 2.42. The minimum Gasteiger partial charge on any atom is -0.378 e. The molecule has 1 aromatic rings. The molecule has 2 heterocycles. The first-order valence-electron chi connectivity index (χ1n) is 6.21. The standard InChI is InChI=1S/C12H16ClN5O2/c1-2-3-16-4-6-17(7-5-16)10-9(13)8-15-12(14)11(10)18(19)20/h2,8H,1,3-7H2,(H2,14,15). The Labute approximate surface area is 121 Å². The molecule has 0 bridgehead atoms. The molecule has 0 aliphatic carbocycles. The van der Waals surface area contributed by atoms with Crippen molar-refractivity contribution in [1.29, 1.82) is 0 Å². The molecule has 1 saturated heterocycles. The van der Waals surface area contributed by atoms with Gasteiger partial charge >= 0.3 is 5.69 Å². The molecule has 0 amide bonds. The zero-order chi connectivity index (χ0) is 14.7. The number of piperazine rings is 1. The predicted octanol–water partition coefficient (Wildman–Crippen LogP) is 1.53. The molecular weight excluding hydrogens is 282 g/mol. The Bertz CT molecular complexity index is 529. The van der Waals surface area contributed by atoms with Crippen molar-refractivity contribution in [2.45, 2.75) is 0 Å². The van der Waals surface area contributed by atoms with Crippen LogP contribution >= 0.6 is 11.6 Å². The Morgan fingerprint density at radius 1 is 1.50 bits per heavy atom. The van der Waals surface area contributed by atoms with Gasteiger partial charge in [0, 0.05) is 32.7 Å². The molecule has 1 aliphatic heterocycles. The number of hydrogen-bond acceptors (Lipinski definition) is 6. The molecule has 2 rings (SSSR count). The van der Waals surface area contributed by atoms with Crippen LogP contribution in [-0.2, 0) is 0 Å². The van der Waals surface area contributed by atoms with Crippen molar-refractivity contribution in [2.75, 3.05) is 43.4 Å². The van der Waals surface area contributed by atoms with Crippen LogP contribution in [0.15, 0.2) is 18.9 Å². The maximum absolute atomic E-state index is 11.2. The van der Waals surface area contributed by atoms with Crippen LogP contribution in [0.3, 0.4) is 0 Å². The summed E-state index contributed by atoms with van der Waals surface area (Å²) < 4.78 is 0. The molecule has 7 nitrogen and oxygen atoms in total. The van der Waals surface area contributed by atoms with Crippen LogP contribution in [0, 0.1) is 10.1 Å². The molecule has 0 atom stereocenters. The zero-order valence-electron chi connectivity index (χ0n) is 11.0. The summed E-state index contributed by atoms with van der Waals surface area (Å²) in [6.45, 7) is 7.40. The van der Waals surface area contributed by atoms with Gasteiger partial charge in [-0.25, -0.2) is 4.98 Å². The van der Waals surface area contributed by atoms with E-state index in [1.165, 1.54) is 6.20 Å². The smallest absolute Gasteiger partial charge is 0.335 e. The van der Waals surface area contributed by atoms with Crippen molar-refractivity contribution in [3.05, 3.63) is 34.0 Å². The lowest BCUT2D eigenvalue weighted by atomic mass is 10.2. The maximum Gasteiger partial charge on any atom is 0.335 e. The summed E-state index contributed by atoms with van der Waals surface area (Å²) in [5.74, 6) is -0.108. The van der Waals surface area contributed by atoms with Gasteiger partial charge in [-0.2, -0.15) is 0 Å². The van der Waals surface area contributed by atoms with Gasteiger partial charge in [0.15, 0.2) is 0 Å². The second kappa shape index (κ2) is 6.06. The number of nitrogen functional groups attached to an aromatic ring is 1. The van der Waals surface area contributed by atoms with Crippen LogP contribution in [0.25, 0.3) is 0 Å². The van der Waals surface area contributed by atoms with Crippen molar-refractivity contribution in [2.24, 2.45) is 0 Å². The SMILES string of the molecule is C=CCN1CCN(c2c(Cl)cnc(N)c2[N+](=O)[O-])CC1. The molecule has 0 aromatic carbocycles. The normalized spacial score (nSPS) is 16.1. The van der Waals surface area contributed by atoms with Crippen LogP contribution < -0.4 is 10.6 Å². The van der Waals surface area contributed by atoms with Gasteiger partial charge in [-0.05, 0) is 0 Å². The summed E-state index contributed by atoms with van der Waals surface area (Å²) in [6, 6.07) is 0. The number of aromatic nitrogens is 1. The molecule has 8 heteroatoms. The molecule has 1 aliphatic rings. The number of hydrogen-bond donors (Lipinski definition) is 1. The van der Waals surface area contributed by atoms with E-state index in [2.05, 4.69) is 16.5 Å². The Hall–Kier alpha value is -1.86. The number of pyridine rings is 1. The first-order valence-corrected chi connectivity index (χ1v) is 6.59. The highest BCUT2D eigenvalue weighted by molar-refractivity contribution is 6.33. The van der Waals surface area contributed by atoms with Gasteiger partial charge in [0.25, 0.3) is 0 Å². The third kappa shape index (κ3) is 2.83. The molecule has 0 radical (unpaired) electrons. The van der Waals surface area contributed by atoms with Crippen molar-refractivity contribution in [1.82, 2.24) is 9.88 Å². The van der Waals surface area contributed by atoms with Gasteiger partial charge in [-0.1, -0.05) is 17.7 Å². The quantitative estimate of drug-likeness (QED) is 0.515. The summed E-state index contributed by atoms with van der Waals surface area (Å²) >= 11 is 6.08. The molecule has 2 N–H and O–H groups in total. The Kier molecular flexibility index (Phi) is 4.41. The fourth-order valence-electron chi connectivity index (χ4n) is 2.30. The summed E-state index contributed by atoms with van der Waals surface area (Å²) in [5.41, 5.74) is 5.76. The van der Waals surface area contributed by atoms with Gasteiger partial charge in [-0.3, -0.25) is 15.0 Å². The highest BCUT2D eigenvalue weighted by atomic mass is 35.5.